The first-order chi connectivity index (χ1) is 6.77. The molecule has 2 aliphatic rings. The van der Waals surface area contributed by atoms with Crippen LogP contribution in [0.4, 0.5) is 0 Å². The molecule has 0 saturated carbocycles. The lowest BCUT2D eigenvalue weighted by Crippen LogP contribution is -2.38. The summed E-state index contributed by atoms with van der Waals surface area (Å²) in [4.78, 5) is 13.9. The fraction of sp³-hybridized carbons (Fsp3) is 0.900. The fourth-order valence-electron chi connectivity index (χ4n) is 2.19. The molecule has 0 bridgehead atoms. The average molecular weight is 198 g/mol. The van der Waals surface area contributed by atoms with Crippen molar-refractivity contribution in [3.8, 4) is 0 Å². The van der Waals surface area contributed by atoms with Crippen molar-refractivity contribution in [2.45, 2.75) is 25.3 Å². The number of nitrogens with two attached hydrogens (primary N) is 1. The van der Waals surface area contributed by atoms with Gasteiger partial charge in [-0.25, -0.2) is 0 Å². The maximum absolute atomic E-state index is 12.0. The summed E-state index contributed by atoms with van der Waals surface area (Å²) in [6.07, 6.45) is 2.71. The predicted molar refractivity (Wildman–Crippen MR) is 52.7 cm³/mol. The average Bonchev–Trinajstić information content (AvgIpc) is 2.65. The Hall–Kier alpha value is -0.610. The zero-order chi connectivity index (χ0) is 9.97. The van der Waals surface area contributed by atoms with E-state index in [2.05, 4.69) is 0 Å². The number of carbonyl (C=O) groups excluding carboxylic acids is 1. The van der Waals surface area contributed by atoms with Gasteiger partial charge >= 0.3 is 0 Å². The maximum atomic E-state index is 12.0. The molecule has 0 aliphatic carbocycles. The van der Waals surface area contributed by atoms with E-state index >= 15 is 0 Å². The molecule has 2 fully saturated rings. The minimum absolute atomic E-state index is 0.189. The van der Waals surface area contributed by atoms with E-state index in [0.29, 0.717) is 5.91 Å². The van der Waals surface area contributed by atoms with Crippen LogP contribution < -0.4 is 5.73 Å². The van der Waals surface area contributed by atoms with Gasteiger partial charge in [0.2, 0.25) is 5.91 Å². The third-order valence-electron chi connectivity index (χ3n) is 3.11. The van der Waals surface area contributed by atoms with Crippen LogP contribution in [0.2, 0.25) is 0 Å². The van der Waals surface area contributed by atoms with Crippen LogP contribution in [0.5, 0.6) is 0 Å². The van der Waals surface area contributed by atoms with Crippen LogP contribution in [0.1, 0.15) is 19.3 Å². The van der Waals surface area contributed by atoms with Gasteiger partial charge in [0.05, 0.1) is 0 Å². The Morgan fingerprint density at radius 3 is 2.57 bits per heavy atom. The van der Waals surface area contributed by atoms with E-state index in [1.165, 1.54) is 0 Å². The monoisotopic (exact) mass is 198 g/mol. The summed E-state index contributed by atoms with van der Waals surface area (Å²) >= 11 is 0. The van der Waals surface area contributed by atoms with Crippen LogP contribution in [-0.4, -0.2) is 43.2 Å². The molecule has 0 radical (unpaired) electrons. The topological polar surface area (TPSA) is 55.6 Å². The van der Waals surface area contributed by atoms with Crippen LogP contribution in [-0.2, 0) is 9.53 Å². The molecule has 14 heavy (non-hydrogen) atoms. The highest BCUT2D eigenvalue weighted by molar-refractivity contribution is 5.79. The molecule has 2 N–H and O–H groups in total. The quantitative estimate of drug-likeness (QED) is 0.644. The summed E-state index contributed by atoms with van der Waals surface area (Å²) < 4.78 is 5.24. The van der Waals surface area contributed by atoms with Crippen LogP contribution in [0, 0.1) is 5.92 Å². The van der Waals surface area contributed by atoms with Crippen LogP contribution in [0.15, 0.2) is 0 Å². The molecule has 4 nitrogen and oxygen atoms in total. The second-order valence-electron chi connectivity index (χ2n) is 4.22. The van der Waals surface area contributed by atoms with Gasteiger partial charge in [-0.1, -0.05) is 0 Å². The lowest BCUT2D eigenvalue weighted by Gasteiger charge is -2.26. The molecule has 4 heteroatoms. The van der Waals surface area contributed by atoms with Gasteiger partial charge in [-0.3, -0.25) is 4.79 Å². The standard InChI is InChI=1S/C10H18N2O2/c11-9-1-4-12(7-9)10(13)8-2-5-14-6-3-8/h8-9H,1-7,11H2. The molecular formula is C10H18N2O2. The van der Waals surface area contributed by atoms with Crippen molar-refractivity contribution < 1.29 is 9.53 Å². The molecule has 1 atom stereocenters. The van der Waals surface area contributed by atoms with Crippen molar-refractivity contribution in [1.82, 2.24) is 4.90 Å². The highest BCUT2D eigenvalue weighted by atomic mass is 16.5. The minimum atomic E-state index is 0.189. The van der Waals surface area contributed by atoms with Gasteiger partial charge in [0.1, 0.15) is 0 Å². The Kier molecular flexibility index (Phi) is 3.03. The molecule has 80 valence electrons. The zero-order valence-corrected chi connectivity index (χ0v) is 8.45. The largest absolute Gasteiger partial charge is 0.381 e. The number of likely N-dealkylation sites (tertiary alicyclic amines) is 1. The summed E-state index contributed by atoms with van der Waals surface area (Å²) in [7, 11) is 0. The summed E-state index contributed by atoms with van der Waals surface area (Å²) in [5, 5.41) is 0. The number of nitrogens with zero attached hydrogens (tertiary/aromatic N) is 1. The third kappa shape index (κ3) is 2.07. The van der Waals surface area contributed by atoms with Crippen LogP contribution >= 0.6 is 0 Å². The number of ether oxygens (including phenoxy) is 1. The van der Waals surface area contributed by atoms with Gasteiger partial charge in [0.15, 0.2) is 0 Å². The number of carbonyl (C=O) groups is 1. The molecule has 2 saturated heterocycles. The Bertz CT molecular complexity index is 207. The van der Waals surface area contributed by atoms with Gasteiger partial charge in [-0.2, -0.15) is 0 Å². The fourth-order valence-corrected chi connectivity index (χ4v) is 2.19. The van der Waals surface area contributed by atoms with E-state index in [1.807, 2.05) is 4.90 Å². The smallest absolute Gasteiger partial charge is 0.225 e. The first-order valence-corrected chi connectivity index (χ1v) is 5.39. The van der Waals surface area contributed by atoms with Crippen molar-refractivity contribution >= 4 is 5.91 Å². The van der Waals surface area contributed by atoms with Crippen molar-refractivity contribution in [1.29, 1.82) is 0 Å². The molecule has 0 aromatic rings. The Morgan fingerprint density at radius 1 is 1.29 bits per heavy atom. The molecule has 2 heterocycles. The summed E-state index contributed by atoms with van der Waals surface area (Å²) in [6, 6.07) is 0.193. The molecular weight excluding hydrogens is 180 g/mol. The van der Waals surface area contributed by atoms with E-state index in [-0.39, 0.29) is 12.0 Å². The maximum Gasteiger partial charge on any atom is 0.225 e. The van der Waals surface area contributed by atoms with Gasteiger partial charge in [-0.15, -0.1) is 0 Å². The highest BCUT2D eigenvalue weighted by Crippen LogP contribution is 2.20. The predicted octanol–water partition coefficient (Wildman–Crippen LogP) is -0.0274. The van der Waals surface area contributed by atoms with E-state index in [4.69, 9.17) is 10.5 Å². The first-order valence-electron chi connectivity index (χ1n) is 5.39. The van der Waals surface area contributed by atoms with E-state index in [0.717, 1.165) is 45.6 Å². The zero-order valence-electron chi connectivity index (χ0n) is 8.45. The van der Waals surface area contributed by atoms with E-state index < -0.39 is 0 Å². The van der Waals surface area contributed by atoms with Gasteiger partial charge < -0.3 is 15.4 Å². The second-order valence-corrected chi connectivity index (χ2v) is 4.22. The minimum Gasteiger partial charge on any atom is -0.381 e. The molecule has 1 amide bonds. The number of rotatable bonds is 1. The number of hydrogen-bond acceptors (Lipinski definition) is 3. The molecule has 1 unspecified atom stereocenters. The van der Waals surface area contributed by atoms with E-state index in [1.54, 1.807) is 0 Å². The molecule has 0 spiro atoms. The van der Waals surface area contributed by atoms with Crippen molar-refractivity contribution in [3.63, 3.8) is 0 Å². The first kappa shape index (κ1) is 9.93. The second kappa shape index (κ2) is 4.28. The lowest BCUT2D eigenvalue weighted by molar-refractivity contribution is -0.137. The number of hydrogen-bond donors (Lipinski definition) is 1. The molecule has 2 aliphatic heterocycles. The summed E-state index contributed by atoms with van der Waals surface area (Å²) in [6.45, 7) is 3.06. The van der Waals surface area contributed by atoms with Crippen molar-refractivity contribution in [2.24, 2.45) is 11.7 Å². The van der Waals surface area contributed by atoms with Gasteiger partial charge in [0.25, 0.3) is 0 Å². The Labute approximate surface area is 84.4 Å². The highest BCUT2D eigenvalue weighted by Gasteiger charge is 2.30. The summed E-state index contributed by atoms with van der Waals surface area (Å²) in [5.41, 5.74) is 5.77. The molecule has 0 aromatic carbocycles. The molecule has 0 aromatic heterocycles. The van der Waals surface area contributed by atoms with Gasteiger partial charge in [-0.05, 0) is 19.3 Å². The van der Waals surface area contributed by atoms with E-state index in [9.17, 15) is 4.79 Å². The Morgan fingerprint density at radius 2 is 2.00 bits per heavy atom. The normalized spacial score (nSPS) is 29.5. The van der Waals surface area contributed by atoms with Gasteiger partial charge in [0, 0.05) is 38.3 Å². The number of amides is 1. The SMILES string of the molecule is NC1CCN(C(=O)C2CCOCC2)C1. The molecule has 2 rings (SSSR count). The summed E-state index contributed by atoms with van der Waals surface area (Å²) in [5.74, 6) is 0.482. The van der Waals surface area contributed by atoms with Crippen molar-refractivity contribution in [2.75, 3.05) is 26.3 Å². The third-order valence-corrected chi connectivity index (χ3v) is 3.11. The van der Waals surface area contributed by atoms with Crippen LogP contribution in [0.25, 0.3) is 0 Å². The lowest BCUT2D eigenvalue weighted by atomic mass is 9.99. The van der Waals surface area contributed by atoms with Crippen LogP contribution in [0.3, 0.4) is 0 Å². The van der Waals surface area contributed by atoms with Crippen molar-refractivity contribution in [3.05, 3.63) is 0 Å². The Balaban J connectivity index is 1.87.